The molecule has 0 aliphatic carbocycles. The maximum absolute atomic E-state index is 12.0. The first-order valence-corrected chi connectivity index (χ1v) is 7.59. The quantitative estimate of drug-likeness (QED) is 0.886. The number of hydrogen-bond donors (Lipinski definition) is 1. The summed E-state index contributed by atoms with van der Waals surface area (Å²) in [6.07, 6.45) is 1.59. The van der Waals surface area contributed by atoms with Crippen LogP contribution in [0.25, 0.3) is 0 Å². The van der Waals surface area contributed by atoms with Crippen LogP contribution in [0.3, 0.4) is 0 Å². The smallest absolute Gasteiger partial charge is 0.250 e. The lowest BCUT2D eigenvalue weighted by molar-refractivity contribution is -0.122. The maximum atomic E-state index is 12.0. The second kappa shape index (κ2) is 7.26. The number of pyridine rings is 1. The zero-order chi connectivity index (χ0) is 16.1. The highest BCUT2D eigenvalue weighted by molar-refractivity contribution is 9.10. The van der Waals surface area contributed by atoms with E-state index in [0.29, 0.717) is 0 Å². The third kappa shape index (κ3) is 3.98. The van der Waals surface area contributed by atoms with Crippen LogP contribution in [0.2, 0.25) is 0 Å². The van der Waals surface area contributed by atoms with Gasteiger partial charge >= 0.3 is 0 Å². The van der Waals surface area contributed by atoms with Crippen molar-refractivity contribution in [2.24, 2.45) is 0 Å². The van der Waals surface area contributed by atoms with Crippen LogP contribution in [0, 0.1) is 0 Å². The van der Waals surface area contributed by atoms with Crippen molar-refractivity contribution in [3.8, 4) is 5.75 Å². The fourth-order valence-electron chi connectivity index (χ4n) is 2.07. The molecule has 0 fully saturated rings. The topological polar surface area (TPSA) is 60.3 Å². The highest BCUT2D eigenvalue weighted by Crippen LogP contribution is 2.27. The Labute approximate surface area is 137 Å². The lowest BCUT2D eigenvalue weighted by atomic mass is 10.1. The monoisotopic (exact) mass is 364 g/mol. The van der Waals surface area contributed by atoms with Crippen LogP contribution in [-0.2, 0) is 11.3 Å². The first-order chi connectivity index (χ1) is 10.5. The molecule has 1 aromatic carbocycles. The average Bonchev–Trinajstić information content (AvgIpc) is 2.49. The first kappa shape index (κ1) is 16.3. The van der Waals surface area contributed by atoms with Crippen LogP contribution >= 0.6 is 15.9 Å². The van der Waals surface area contributed by atoms with Crippen LogP contribution in [0.15, 0.2) is 51.9 Å². The first-order valence-electron chi connectivity index (χ1n) is 6.79. The fraction of sp³-hybridized carbons (Fsp3) is 0.250. The summed E-state index contributed by atoms with van der Waals surface area (Å²) < 4.78 is 7.37. The van der Waals surface area contributed by atoms with Gasteiger partial charge in [-0.2, -0.15) is 0 Å². The van der Waals surface area contributed by atoms with E-state index in [0.717, 1.165) is 15.8 Å². The number of rotatable bonds is 5. The number of nitrogens with zero attached hydrogens (tertiary/aromatic N) is 1. The second-order valence-corrected chi connectivity index (χ2v) is 5.70. The minimum atomic E-state index is -0.215. The Bertz CT molecular complexity index is 727. The van der Waals surface area contributed by atoms with Gasteiger partial charge in [0.1, 0.15) is 12.3 Å². The lowest BCUT2D eigenvalue weighted by Crippen LogP contribution is -2.33. The van der Waals surface area contributed by atoms with Gasteiger partial charge in [-0.1, -0.05) is 12.1 Å². The highest BCUT2D eigenvalue weighted by atomic mass is 79.9. The average molecular weight is 365 g/mol. The van der Waals surface area contributed by atoms with Gasteiger partial charge in [-0.25, -0.2) is 0 Å². The highest BCUT2D eigenvalue weighted by Gasteiger charge is 2.12. The van der Waals surface area contributed by atoms with Gasteiger partial charge in [-0.05, 0) is 46.6 Å². The Kier molecular flexibility index (Phi) is 5.38. The van der Waals surface area contributed by atoms with Crippen LogP contribution in [-0.4, -0.2) is 17.6 Å². The molecule has 1 amide bonds. The Morgan fingerprint density at radius 1 is 1.36 bits per heavy atom. The number of carbonyl (C=O) groups excluding carboxylic acids is 1. The van der Waals surface area contributed by atoms with Gasteiger partial charge in [-0.3, -0.25) is 9.59 Å². The molecule has 0 aliphatic heterocycles. The number of nitrogens with one attached hydrogen (secondary N) is 1. The van der Waals surface area contributed by atoms with Crippen molar-refractivity contribution in [1.29, 1.82) is 0 Å². The van der Waals surface area contributed by atoms with Crippen molar-refractivity contribution in [1.82, 2.24) is 9.88 Å². The third-order valence-corrected chi connectivity index (χ3v) is 3.89. The molecule has 6 heteroatoms. The molecular weight excluding hydrogens is 348 g/mol. The van der Waals surface area contributed by atoms with Crippen LogP contribution in [0.1, 0.15) is 18.5 Å². The van der Waals surface area contributed by atoms with E-state index >= 15 is 0 Å². The molecule has 2 rings (SSSR count). The molecule has 0 saturated carbocycles. The number of halogens is 1. The molecule has 5 nitrogen and oxygen atoms in total. The molecular formula is C16H17BrN2O3. The normalized spacial score (nSPS) is 11.8. The zero-order valence-electron chi connectivity index (χ0n) is 12.4. The molecule has 0 saturated heterocycles. The molecule has 22 heavy (non-hydrogen) atoms. The molecule has 2 aromatic rings. The Hall–Kier alpha value is -2.08. The summed E-state index contributed by atoms with van der Waals surface area (Å²) >= 11 is 3.42. The molecule has 1 atom stereocenters. The summed E-state index contributed by atoms with van der Waals surface area (Å²) in [5.74, 6) is 0.519. The van der Waals surface area contributed by atoms with E-state index in [-0.39, 0.29) is 24.1 Å². The molecule has 0 aliphatic rings. The number of amides is 1. The summed E-state index contributed by atoms with van der Waals surface area (Å²) in [4.78, 5) is 23.6. The van der Waals surface area contributed by atoms with E-state index in [1.165, 1.54) is 10.6 Å². The number of carbonyl (C=O) groups is 1. The van der Waals surface area contributed by atoms with E-state index < -0.39 is 0 Å². The second-order valence-electron chi connectivity index (χ2n) is 4.85. The largest absolute Gasteiger partial charge is 0.496 e. The molecule has 1 aromatic heterocycles. The number of aromatic nitrogens is 1. The van der Waals surface area contributed by atoms with Gasteiger partial charge in [0.15, 0.2) is 0 Å². The lowest BCUT2D eigenvalue weighted by Gasteiger charge is -2.16. The molecule has 0 spiro atoms. The van der Waals surface area contributed by atoms with Crippen molar-refractivity contribution in [2.75, 3.05) is 7.11 Å². The molecule has 0 radical (unpaired) electrons. The molecule has 1 unspecified atom stereocenters. The predicted molar refractivity (Wildman–Crippen MR) is 88.0 cm³/mol. The van der Waals surface area contributed by atoms with E-state index in [1.54, 1.807) is 25.4 Å². The van der Waals surface area contributed by atoms with Gasteiger partial charge in [-0.15, -0.1) is 0 Å². The number of ether oxygens (including phenoxy) is 1. The van der Waals surface area contributed by atoms with Gasteiger partial charge in [0.2, 0.25) is 5.91 Å². The third-order valence-electron chi connectivity index (χ3n) is 3.27. The van der Waals surface area contributed by atoms with Crippen molar-refractivity contribution < 1.29 is 9.53 Å². The minimum Gasteiger partial charge on any atom is -0.496 e. The maximum Gasteiger partial charge on any atom is 0.250 e. The van der Waals surface area contributed by atoms with E-state index in [4.69, 9.17) is 4.74 Å². The van der Waals surface area contributed by atoms with Gasteiger partial charge in [0.25, 0.3) is 5.56 Å². The van der Waals surface area contributed by atoms with Crippen LogP contribution in [0.4, 0.5) is 0 Å². The summed E-state index contributed by atoms with van der Waals surface area (Å²) in [5, 5.41) is 2.88. The van der Waals surface area contributed by atoms with Crippen molar-refractivity contribution >= 4 is 21.8 Å². The zero-order valence-corrected chi connectivity index (χ0v) is 14.0. The number of benzene rings is 1. The molecule has 0 bridgehead atoms. The Morgan fingerprint density at radius 2 is 2.14 bits per heavy atom. The standard InChI is InChI=1S/C16H17BrN2O3/c1-11(12-6-7-14(22-2)13(17)9-12)18-15(20)10-19-8-4-3-5-16(19)21/h3-9,11H,10H2,1-2H3,(H,18,20). The Balaban J connectivity index is 2.04. The summed E-state index contributed by atoms with van der Waals surface area (Å²) in [7, 11) is 1.60. The SMILES string of the molecule is COc1ccc(C(C)NC(=O)Cn2ccccc2=O)cc1Br. The van der Waals surface area contributed by atoms with Gasteiger partial charge < -0.3 is 14.6 Å². The number of hydrogen-bond acceptors (Lipinski definition) is 3. The van der Waals surface area contributed by atoms with E-state index in [1.807, 2.05) is 25.1 Å². The van der Waals surface area contributed by atoms with Crippen molar-refractivity contribution in [3.05, 3.63) is 63.0 Å². The van der Waals surface area contributed by atoms with E-state index in [2.05, 4.69) is 21.2 Å². The van der Waals surface area contributed by atoms with Crippen molar-refractivity contribution in [2.45, 2.75) is 19.5 Å². The fourth-order valence-corrected chi connectivity index (χ4v) is 2.63. The van der Waals surface area contributed by atoms with Gasteiger partial charge in [0.05, 0.1) is 17.6 Å². The summed E-state index contributed by atoms with van der Waals surface area (Å²) in [6.45, 7) is 1.89. The predicted octanol–water partition coefficient (Wildman–Crippen LogP) is 2.50. The summed E-state index contributed by atoms with van der Waals surface area (Å²) in [6, 6.07) is 10.3. The van der Waals surface area contributed by atoms with Crippen LogP contribution in [0.5, 0.6) is 5.75 Å². The summed E-state index contributed by atoms with van der Waals surface area (Å²) in [5.41, 5.74) is 0.749. The van der Waals surface area contributed by atoms with Crippen molar-refractivity contribution in [3.63, 3.8) is 0 Å². The Morgan fingerprint density at radius 3 is 2.77 bits per heavy atom. The van der Waals surface area contributed by atoms with Gasteiger partial charge in [0, 0.05) is 12.3 Å². The van der Waals surface area contributed by atoms with E-state index in [9.17, 15) is 9.59 Å². The molecule has 1 heterocycles. The minimum absolute atomic E-state index is 0.00133. The molecule has 1 N–H and O–H groups in total. The molecule has 116 valence electrons. The van der Waals surface area contributed by atoms with Crippen LogP contribution < -0.4 is 15.6 Å². The number of methoxy groups -OCH3 is 1.